The van der Waals surface area contributed by atoms with E-state index in [4.69, 9.17) is 0 Å². The van der Waals surface area contributed by atoms with Gasteiger partial charge < -0.3 is 15.5 Å². The van der Waals surface area contributed by atoms with Gasteiger partial charge in [0.25, 0.3) is 0 Å². The van der Waals surface area contributed by atoms with Gasteiger partial charge in [-0.3, -0.25) is 4.79 Å². The average Bonchev–Trinajstić information content (AvgIpc) is 2.82. The maximum Gasteiger partial charge on any atom is 0.315 e. The van der Waals surface area contributed by atoms with E-state index in [9.17, 15) is 14.0 Å². The molecule has 0 saturated carbocycles. The van der Waals surface area contributed by atoms with Crippen LogP contribution in [0, 0.1) is 12.7 Å². The Kier molecular flexibility index (Phi) is 5.58. The second-order valence-corrected chi connectivity index (χ2v) is 6.19. The smallest absolute Gasteiger partial charge is 0.315 e. The molecule has 1 aliphatic heterocycles. The Bertz CT molecular complexity index is 589. The summed E-state index contributed by atoms with van der Waals surface area (Å²) in [5.74, 6) is -0.282. The summed E-state index contributed by atoms with van der Waals surface area (Å²) in [5.41, 5.74) is 1.86. The van der Waals surface area contributed by atoms with Crippen LogP contribution in [-0.2, 0) is 11.2 Å². The van der Waals surface area contributed by atoms with Crippen molar-refractivity contribution in [2.75, 3.05) is 13.1 Å². The number of urea groups is 1. The highest BCUT2D eigenvalue weighted by atomic mass is 19.1. The van der Waals surface area contributed by atoms with E-state index in [0.717, 1.165) is 11.1 Å². The minimum absolute atomic E-state index is 0.0236. The Morgan fingerprint density at radius 1 is 1.43 bits per heavy atom. The molecule has 2 rings (SSSR count). The average molecular weight is 321 g/mol. The molecule has 1 unspecified atom stereocenters. The Morgan fingerprint density at radius 2 is 2.17 bits per heavy atom. The van der Waals surface area contributed by atoms with Gasteiger partial charge in [-0.1, -0.05) is 6.07 Å². The van der Waals surface area contributed by atoms with Crippen molar-refractivity contribution in [3.8, 4) is 0 Å². The van der Waals surface area contributed by atoms with E-state index in [1.165, 1.54) is 12.1 Å². The Morgan fingerprint density at radius 3 is 2.78 bits per heavy atom. The maximum absolute atomic E-state index is 13.0. The van der Waals surface area contributed by atoms with Gasteiger partial charge in [0.15, 0.2) is 0 Å². The quantitative estimate of drug-likeness (QED) is 0.871. The number of carbonyl (C=O) groups is 2. The van der Waals surface area contributed by atoms with Gasteiger partial charge in [0.1, 0.15) is 11.9 Å². The molecule has 6 heteroatoms. The number of halogens is 1. The van der Waals surface area contributed by atoms with E-state index in [1.807, 2.05) is 20.8 Å². The standard InChI is InChI=1S/C17H24FN3O2/c1-11(2)21-9-7-15(16(21)22)20-17(23)19-8-6-13-4-5-14(18)10-12(13)3/h4-5,10-11,15H,6-9H2,1-3H3,(H2,19,20,23). The molecule has 1 saturated heterocycles. The lowest BCUT2D eigenvalue weighted by molar-refractivity contribution is -0.130. The molecule has 23 heavy (non-hydrogen) atoms. The molecule has 0 spiro atoms. The van der Waals surface area contributed by atoms with Crippen molar-refractivity contribution in [3.05, 3.63) is 35.1 Å². The molecule has 0 bridgehead atoms. The minimum Gasteiger partial charge on any atom is -0.338 e. The monoisotopic (exact) mass is 321 g/mol. The first kappa shape index (κ1) is 17.2. The van der Waals surface area contributed by atoms with E-state index < -0.39 is 6.04 Å². The van der Waals surface area contributed by atoms with Gasteiger partial charge in [-0.05, 0) is 56.9 Å². The topological polar surface area (TPSA) is 61.4 Å². The molecule has 0 aromatic heterocycles. The second-order valence-electron chi connectivity index (χ2n) is 6.19. The number of hydrogen-bond acceptors (Lipinski definition) is 2. The number of hydrogen-bond donors (Lipinski definition) is 2. The lowest BCUT2D eigenvalue weighted by Crippen LogP contribution is -2.47. The first-order chi connectivity index (χ1) is 10.9. The zero-order chi connectivity index (χ0) is 17.0. The highest BCUT2D eigenvalue weighted by molar-refractivity contribution is 5.88. The Balaban J connectivity index is 1.76. The third kappa shape index (κ3) is 4.43. The normalized spacial score (nSPS) is 17.7. The number of benzene rings is 1. The van der Waals surface area contributed by atoms with Crippen molar-refractivity contribution in [2.45, 2.75) is 45.7 Å². The zero-order valence-electron chi connectivity index (χ0n) is 13.9. The molecule has 3 amide bonds. The van der Waals surface area contributed by atoms with Crippen molar-refractivity contribution >= 4 is 11.9 Å². The molecule has 1 aromatic rings. The van der Waals surface area contributed by atoms with Crippen molar-refractivity contribution in [3.63, 3.8) is 0 Å². The van der Waals surface area contributed by atoms with Crippen molar-refractivity contribution in [2.24, 2.45) is 0 Å². The van der Waals surface area contributed by atoms with Crippen LogP contribution in [0.3, 0.4) is 0 Å². The predicted molar refractivity (Wildman–Crippen MR) is 86.6 cm³/mol. The first-order valence-corrected chi connectivity index (χ1v) is 7.98. The van der Waals surface area contributed by atoms with Crippen LogP contribution in [0.4, 0.5) is 9.18 Å². The number of amides is 3. The minimum atomic E-state index is -0.440. The van der Waals surface area contributed by atoms with Crippen molar-refractivity contribution in [1.29, 1.82) is 0 Å². The highest BCUT2D eigenvalue weighted by Gasteiger charge is 2.33. The Labute approximate surface area is 136 Å². The summed E-state index contributed by atoms with van der Waals surface area (Å²) in [7, 11) is 0. The third-order valence-corrected chi connectivity index (χ3v) is 4.15. The van der Waals surface area contributed by atoms with Crippen LogP contribution in [-0.4, -0.2) is 42.0 Å². The molecule has 126 valence electrons. The summed E-state index contributed by atoms with van der Waals surface area (Å²) >= 11 is 0. The van der Waals surface area contributed by atoms with Crippen LogP contribution in [0.5, 0.6) is 0 Å². The lowest BCUT2D eigenvalue weighted by atomic mass is 10.1. The molecule has 1 aromatic carbocycles. The van der Waals surface area contributed by atoms with Gasteiger partial charge in [-0.15, -0.1) is 0 Å². The van der Waals surface area contributed by atoms with E-state index in [1.54, 1.807) is 11.0 Å². The fourth-order valence-electron chi connectivity index (χ4n) is 2.81. The molecule has 1 aliphatic rings. The van der Waals surface area contributed by atoms with Crippen LogP contribution in [0.15, 0.2) is 18.2 Å². The highest BCUT2D eigenvalue weighted by Crippen LogP contribution is 2.14. The summed E-state index contributed by atoms with van der Waals surface area (Å²) < 4.78 is 13.0. The molecule has 1 fully saturated rings. The van der Waals surface area contributed by atoms with E-state index >= 15 is 0 Å². The van der Waals surface area contributed by atoms with E-state index in [2.05, 4.69) is 10.6 Å². The molecular formula is C17H24FN3O2. The summed E-state index contributed by atoms with van der Waals surface area (Å²) in [6.07, 6.45) is 1.26. The second kappa shape index (κ2) is 7.44. The number of nitrogens with zero attached hydrogens (tertiary/aromatic N) is 1. The van der Waals surface area contributed by atoms with Crippen LogP contribution in [0.25, 0.3) is 0 Å². The van der Waals surface area contributed by atoms with Gasteiger partial charge in [0.2, 0.25) is 5.91 Å². The summed E-state index contributed by atoms with van der Waals surface area (Å²) in [6.45, 7) is 6.89. The lowest BCUT2D eigenvalue weighted by Gasteiger charge is -2.21. The predicted octanol–water partition coefficient (Wildman–Crippen LogP) is 1.99. The fourth-order valence-corrected chi connectivity index (χ4v) is 2.81. The number of aryl methyl sites for hydroxylation is 1. The summed E-state index contributed by atoms with van der Waals surface area (Å²) in [6, 6.07) is 4.00. The Hall–Kier alpha value is -2.11. The molecule has 2 N–H and O–H groups in total. The molecular weight excluding hydrogens is 297 g/mol. The van der Waals surface area contributed by atoms with Gasteiger partial charge in [-0.2, -0.15) is 0 Å². The molecule has 1 heterocycles. The van der Waals surface area contributed by atoms with Crippen LogP contribution < -0.4 is 10.6 Å². The van der Waals surface area contributed by atoms with Gasteiger partial charge >= 0.3 is 6.03 Å². The van der Waals surface area contributed by atoms with Gasteiger partial charge in [0, 0.05) is 19.1 Å². The molecule has 5 nitrogen and oxygen atoms in total. The fraction of sp³-hybridized carbons (Fsp3) is 0.529. The molecule has 0 aliphatic carbocycles. The van der Waals surface area contributed by atoms with Crippen LogP contribution in [0.2, 0.25) is 0 Å². The van der Waals surface area contributed by atoms with Gasteiger partial charge in [0.05, 0.1) is 0 Å². The maximum atomic E-state index is 13.0. The largest absolute Gasteiger partial charge is 0.338 e. The zero-order valence-corrected chi connectivity index (χ0v) is 13.9. The van der Waals surface area contributed by atoms with E-state index in [-0.39, 0.29) is 23.8 Å². The van der Waals surface area contributed by atoms with Crippen molar-refractivity contribution < 1.29 is 14.0 Å². The van der Waals surface area contributed by atoms with E-state index in [0.29, 0.717) is 25.9 Å². The number of nitrogens with one attached hydrogen (secondary N) is 2. The summed E-state index contributed by atoms with van der Waals surface area (Å²) in [5, 5.41) is 5.47. The first-order valence-electron chi connectivity index (χ1n) is 7.98. The van der Waals surface area contributed by atoms with Crippen LogP contribution >= 0.6 is 0 Å². The van der Waals surface area contributed by atoms with Crippen LogP contribution in [0.1, 0.15) is 31.4 Å². The SMILES string of the molecule is Cc1cc(F)ccc1CCNC(=O)NC1CCN(C(C)C)C1=O. The molecule has 0 radical (unpaired) electrons. The number of rotatable bonds is 5. The summed E-state index contributed by atoms with van der Waals surface area (Å²) in [4.78, 5) is 25.8. The van der Waals surface area contributed by atoms with Gasteiger partial charge in [-0.25, -0.2) is 9.18 Å². The third-order valence-electron chi connectivity index (χ3n) is 4.15. The molecule has 1 atom stereocenters. The van der Waals surface area contributed by atoms with Crippen molar-refractivity contribution in [1.82, 2.24) is 15.5 Å². The number of carbonyl (C=O) groups excluding carboxylic acids is 2. The number of likely N-dealkylation sites (tertiary alicyclic amines) is 1.